The number of benzene rings is 4. The first-order chi connectivity index (χ1) is 33.1. The Morgan fingerprint density at radius 2 is 1.01 bits per heavy atom. The molecule has 0 aliphatic carbocycles. The lowest BCUT2D eigenvalue weighted by atomic mass is 9.93. The van der Waals surface area contributed by atoms with Gasteiger partial charge in [-0.1, -0.05) is 12.1 Å². The lowest BCUT2D eigenvalue weighted by molar-refractivity contribution is -0.132. The Bertz CT molecular complexity index is 2690. The van der Waals surface area contributed by atoms with Crippen LogP contribution in [0.15, 0.2) is 109 Å². The first kappa shape index (κ1) is 45.7. The fraction of sp³-hybridized carbons (Fsp3) is 0.333. The third-order valence-electron chi connectivity index (χ3n) is 13.0. The number of nitrogens with zero attached hydrogens (tertiary/aromatic N) is 6. The third-order valence-corrected chi connectivity index (χ3v) is 13.0. The minimum atomic E-state index is -0.0172. The summed E-state index contributed by atoms with van der Waals surface area (Å²) in [6.45, 7) is 6.57. The highest BCUT2D eigenvalue weighted by Crippen LogP contribution is 2.42. The van der Waals surface area contributed by atoms with Crippen LogP contribution in [0.2, 0.25) is 0 Å². The number of amides is 2. The standard InChI is InChI=1S/2C27H29N3O4/c2*1-18-16-29(17-28-18)24-8-6-19(14-26(24)33-3)13-20-5-4-11-30(27(20)31)23-10-12-34-25-9-7-21(32-2)15-22(23)25/h2*6-9,13-17,23H,4-5,10-12H2,1-3H3/b2*20-13+/t2*23-/m10/s1. The molecule has 10 rings (SSSR count). The molecule has 0 radical (unpaired) electrons. The molecule has 4 aliphatic heterocycles. The van der Waals surface area contributed by atoms with Gasteiger partial charge in [-0.3, -0.25) is 9.59 Å². The van der Waals surface area contributed by atoms with Crippen molar-refractivity contribution < 1.29 is 38.0 Å². The Labute approximate surface area is 397 Å². The molecule has 14 nitrogen and oxygen atoms in total. The third kappa shape index (κ3) is 9.53. The van der Waals surface area contributed by atoms with E-state index in [1.807, 2.05) is 130 Å². The maximum atomic E-state index is 13.6. The maximum absolute atomic E-state index is 13.6. The summed E-state index contributed by atoms with van der Waals surface area (Å²) in [4.78, 5) is 39.8. The van der Waals surface area contributed by atoms with Crippen molar-refractivity contribution in [3.05, 3.63) is 143 Å². The molecule has 4 aliphatic rings. The van der Waals surface area contributed by atoms with Gasteiger partial charge in [-0.2, -0.15) is 0 Å². The van der Waals surface area contributed by atoms with Gasteiger partial charge in [0.1, 0.15) is 34.5 Å². The molecule has 2 fully saturated rings. The largest absolute Gasteiger partial charge is 0.497 e. The van der Waals surface area contributed by atoms with Crippen LogP contribution in [-0.4, -0.2) is 95.5 Å². The van der Waals surface area contributed by atoms with Crippen molar-refractivity contribution in [3.63, 3.8) is 0 Å². The van der Waals surface area contributed by atoms with Crippen molar-refractivity contribution in [3.8, 4) is 45.9 Å². The van der Waals surface area contributed by atoms with Gasteiger partial charge >= 0.3 is 0 Å². The molecule has 2 saturated heterocycles. The Balaban J connectivity index is 0.000000170. The van der Waals surface area contributed by atoms with Crippen molar-refractivity contribution in [2.24, 2.45) is 0 Å². The zero-order chi connectivity index (χ0) is 47.3. The first-order valence-electron chi connectivity index (χ1n) is 23.2. The van der Waals surface area contributed by atoms with Crippen LogP contribution >= 0.6 is 0 Å². The van der Waals surface area contributed by atoms with Gasteiger partial charge in [0.15, 0.2) is 0 Å². The number of aryl methyl sites for hydroxylation is 2. The zero-order valence-electron chi connectivity index (χ0n) is 39.6. The highest BCUT2D eigenvalue weighted by Gasteiger charge is 2.36. The molecule has 68 heavy (non-hydrogen) atoms. The average molecular weight is 919 g/mol. The SMILES string of the molecule is COc1ccc2c(c1)[C@@H](N1CCC/C(=C\c3ccc(-n4cnc(C)c4)c(OC)c3)C1=O)CCO2.COc1ccc2c(c1)[C@H](N1CCC/C(=C\c3ccc(-n4cnc(C)c4)c(OC)c3)C1=O)CCO2. The Hall–Kier alpha value is -7.48. The number of fused-ring (bicyclic) bond motifs is 2. The number of imidazole rings is 2. The van der Waals surface area contributed by atoms with Gasteiger partial charge in [-0.15, -0.1) is 0 Å². The van der Waals surface area contributed by atoms with E-state index in [0.29, 0.717) is 13.2 Å². The van der Waals surface area contributed by atoms with Crippen molar-refractivity contribution in [1.29, 1.82) is 0 Å². The molecule has 0 saturated carbocycles. The van der Waals surface area contributed by atoms with Crippen LogP contribution in [0.5, 0.6) is 34.5 Å². The molecule has 6 heterocycles. The van der Waals surface area contributed by atoms with Crippen LogP contribution < -0.4 is 28.4 Å². The molecule has 2 amide bonds. The summed E-state index contributed by atoms with van der Waals surface area (Å²) in [7, 11) is 6.62. The number of methoxy groups -OCH3 is 4. The lowest BCUT2D eigenvalue weighted by Crippen LogP contribution is -2.41. The van der Waals surface area contributed by atoms with Crippen LogP contribution in [0.3, 0.4) is 0 Å². The molecule has 0 bridgehead atoms. The number of likely N-dealkylation sites (tertiary alicyclic amines) is 2. The number of piperidine rings is 2. The van der Waals surface area contributed by atoms with E-state index in [9.17, 15) is 9.59 Å². The van der Waals surface area contributed by atoms with E-state index in [1.54, 1.807) is 41.1 Å². The Morgan fingerprint density at radius 3 is 1.40 bits per heavy atom. The van der Waals surface area contributed by atoms with Gasteiger partial charge in [0.05, 0.1) is 89.2 Å². The maximum Gasteiger partial charge on any atom is 0.250 e. The van der Waals surface area contributed by atoms with Gasteiger partial charge in [0.2, 0.25) is 11.8 Å². The highest BCUT2D eigenvalue weighted by atomic mass is 16.5. The Kier molecular flexibility index (Phi) is 13.5. The van der Waals surface area contributed by atoms with E-state index >= 15 is 0 Å². The summed E-state index contributed by atoms with van der Waals surface area (Å²) in [6.07, 6.45) is 16.4. The van der Waals surface area contributed by atoms with Gasteiger partial charge in [0, 0.05) is 60.6 Å². The minimum Gasteiger partial charge on any atom is -0.497 e. The summed E-state index contributed by atoms with van der Waals surface area (Å²) < 4.78 is 37.7. The number of aromatic nitrogens is 4. The van der Waals surface area contributed by atoms with E-state index < -0.39 is 0 Å². The average Bonchev–Trinajstić information content (AvgIpc) is 4.02. The van der Waals surface area contributed by atoms with Crippen molar-refractivity contribution in [2.75, 3.05) is 54.7 Å². The molecular weight excluding hydrogens is 861 g/mol. The first-order valence-corrected chi connectivity index (χ1v) is 23.2. The number of rotatable bonds is 10. The summed E-state index contributed by atoms with van der Waals surface area (Å²) in [5, 5.41) is 0. The number of hydrogen-bond acceptors (Lipinski definition) is 10. The summed E-state index contributed by atoms with van der Waals surface area (Å²) >= 11 is 0. The fourth-order valence-corrected chi connectivity index (χ4v) is 9.64. The molecule has 4 aromatic carbocycles. The van der Waals surface area contributed by atoms with Crippen molar-refractivity contribution >= 4 is 24.0 Å². The summed E-state index contributed by atoms with van der Waals surface area (Å²) in [5.41, 5.74) is 9.24. The highest BCUT2D eigenvalue weighted by molar-refractivity contribution is 5.99. The van der Waals surface area contributed by atoms with Gasteiger partial charge < -0.3 is 47.4 Å². The number of ether oxygens (including phenoxy) is 6. The van der Waals surface area contributed by atoms with E-state index in [-0.39, 0.29) is 23.9 Å². The van der Waals surface area contributed by atoms with E-state index in [1.165, 1.54) is 0 Å². The number of carbonyl (C=O) groups excluding carboxylic acids is 2. The Morgan fingerprint density at radius 1 is 0.574 bits per heavy atom. The zero-order valence-corrected chi connectivity index (χ0v) is 39.6. The second kappa shape index (κ2) is 20.2. The van der Waals surface area contributed by atoms with Gasteiger partial charge in [-0.25, -0.2) is 9.97 Å². The van der Waals surface area contributed by atoms with Crippen molar-refractivity contribution in [2.45, 2.75) is 64.5 Å². The molecule has 14 heteroatoms. The number of hydrogen-bond donors (Lipinski definition) is 0. The second-order valence-electron chi connectivity index (χ2n) is 17.4. The van der Waals surface area contributed by atoms with Gasteiger partial charge in [0.25, 0.3) is 0 Å². The fourth-order valence-electron chi connectivity index (χ4n) is 9.64. The van der Waals surface area contributed by atoms with Crippen LogP contribution in [0.1, 0.15) is 84.3 Å². The van der Waals surface area contributed by atoms with Gasteiger partial charge in [-0.05, 0) is 123 Å². The number of carbonyl (C=O) groups is 2. The molecule has 0 spiro atoms. The summed E-state index contributed by atoms with van der Waals surface area (Å²) in [5.74, 6) is 4.84. The van der Waals surface area contributed by atoms with Crippen LogP contribution in [-0.2, 0) is 9.59 Å². The molecule has 2 atom stereocenters. The molecular formula is C54H58N6O8. The molecule has 0 N–H and O–H groups in total. The van der Waals surface area contributed by atoms with E-state index in [0.717, 1.165) is 142 Å². The van der Waals surface area contributed by atoms with Crippen LogP contribution in [0.25, 0.3) is 23.5 Å². The monoisotopic (exact) mass is 918 g/mol. The molecule has 2 aromatic heterocycles. The second-order valence-corrected chi connectivity index (χ2v) is 17.4. The van der Waals surface area contributed by atoms with Crippen molar-refractivity contribution in [1.82, 2.24) is 28.9 Å². The molecule has 0 unspecified atom stereocenters. The summed E-state index contributed by atoms with van der Waals surface area (Å²) in [6, 6.07) is 23.6. The molecule has 352 valence electrons. The van der Waals surface area contributed by atoms with Crippen LogP contribution in [0.4, 0.5) is 0 Å². The predicted molar refractivity (Wildman–Crippen MR) is 259 cm³/mol. The molecule has 6 aromatic rings. The van der Waals surface area contributed by atoms with E-state index in [2.05, 4.69) is 9.97 Å². The lowest BCUT2D eigenvalue weighted by Gasteiger charge is -2.38. The van der Waals surface area contributed by atoms with E-state index in [4.69, 9.17) is 28.4 Å². The quantitative estimate of drug-likeness (QED) is 0.123. The van der Waals surface area contributed by atoms with Crippen LogP contribution in [0, 0.1) is 13.8 Å². The topological polar surface area (TPSA) is 132 Å². The normalized spacial score (nSPS) is 19.0. The minimum absolute atomic E-state index is 0.0172. The smallest absolute Gasteiger partial charge is 0.250 e. The predicted octanol–water partition coefficient (Wildman–Crippen LogP) is 9.46.